The molecule has 2 amide bonds. The van der Waals surface area contributed by atoms with Gasteiger partial charge >= 0.3 is 0 Å². The summed E-state index contributed by atoms with van der Waals surface area (Å²) < 4.78 is 5.67. The van der Waals surface area contributed by atoms with Crippen molar-refractivity contribution in [2.75, 3.05) is 32.8 Å². The van der Waals surface area contributed by atoms with Gasteiger partial charge < -0.3 is 20.7 Å². The van der Waals surface area contributed by atoms with Crippen molar-refractivity contribution in [3.8, 4) is 0 Å². The molecule has 2 aliphatic rings. The zero-order chi connectivity index (χ0) is 14.2. The maximum Gasteiger partial charge on any atom is 0.223 e. The minimum Gasteiger partial charge on any atom is -0.378 e. The largest absolute Gasteiger partial charge is 0.378 e. The van der Waals surface area contributed by atoms with E-state index in [1.807, 2.05) is 0 Å². The number of piperidine rings is 1. The maximum atomic E-state index is 11.6. The molecule has 0 radical (unpaired) electrons. The maximum absolute atomic E-state index is 11.6. The summed E-state index contributed by atoms with van der Waals surface area (Å²) >= 11 is 0. The number of rotatable bonds is 8. The van der Waals surface area contributed by atoms with E-state index in [4.69, 9.17) is 4.74 Å². The molecule has 20 heavy (non-hydrogen) atoms. The number of nitrogens with one attached hydrogen (secondary N) is 3. The van der Waals surface area contributed by atoms with E-state index in [-0.39, 0.29) is 17.7 Å². The van der Waals surface area contributed by atoms with Gasteiger partial charge in [0.25, 0.3) is 0 Å². The van der Waals surface area contributed by atoms with Crippen molar-refractivity contribution in [3.05, 3.63) is 0 Å². The Hall–Kier alpha value is -1.14. The molecule has 0 aromatic rings. The topological polar surface area (TPSA) is 79.5 Å². The summed E-state index contributed by atoms with van der Waals surface area (Å²) in [5.74, 6) is 0.331. The number of hydrogen-bond acceptors (Lipinski definition) is 4. The number of ether oxygens (including phenoxy) is 1. The molecule has 1 aliphatic carbocycles. The molecule has 0 aromatic heterocycles. The van der Waals surface area contributed by atoms with Gasteiger partial charge in [-0.3, -0.25) is 9.59 Å². The van der Waals surface area contributed by atoms with Gasteiger partial charge in [-0.2, -0.15) is 0 Å². The first kappa shape index (κ1) is 15.3. The second kappa shape index (κ2) is 8.21. The molecule has 0 aromatic carbocycles. The Morgan fingerprint density at radius 1 is 1.05 bits per heavy atom. The Balaban J connectivity index is 1.42. The SMILES string of the molecule is O=C(CCOC1CCNCC1)NCCNC(=O)C1CC1. The minimum absolute atomic E-state index is 0.0143. The normalized spacial score (nSPS) is 19.6. The van der Waals surface area contributed by atoms with Gasteiger partial charge in [-0.15, -0.1) is 0 Å². The molecular weight excluding hydrogens is 258 g/mol. The van der Waals surface area contributed by atoms with Crippen LogP contribution in [-0.4, -0.2) is 50.7 Å². The summed E-state index contributed by atoms with van der Waals surface area (Å²) in [6.07, 6.45) is 4.74. The number of carbonyl (C=O) groups is 2. The van der Waals surface area contributed by atoms with Gasteiger partial charge in [0.15, 0.2) is 0 Å². The number of amides is 2. The highest BCUT2D eigenvalue weighted by molar-refractivity contribution is 5.81. The lowest BCUT2D eigenvalue weighted by molar-refractivity contribution is -0.124. The van der Waals surface area contributed by atoms with E-state index in [0.717, 1.165) is 38.8 Å². The van der Waals surface area contributed by atoms with E-state index < -0.39 is 0 Å². The van der Waals surface area contributed by atoms with Crippen LogP contribution in [0.3, 0.4) is 0 Å². The molecule has 6 heteroatoms. The van der Waals surface area contributed by atoms with Crippen LogP contribution in [0.25, 0.3) is 0 Å². The summed E-state index contributed by atoms with van der Waals surface area (Å²) in [7, 11) is 0. The lowest BCUT2D eigenvalue weighted by Gasteiger charge is -2.22. The van der Waals surface area contributed by atoms with Crippen LogP contribution in [0.2, 0.25) is 0 Å². The van der Waals surface area contributed by atoms with E-state index >= 15 is 0 Å². The van der Waals surface area contributed by atoms with E-state index in [1.165, 1.54) is 0 Å². The Bertz CT molecular complexity index is 326. The van der Waals surface area contributed by atoms with Crippen LogP contribution < -0.4 is 16.0 Å². The van der Waals surface area contributed by atoms with Gasteiger partial charge in [0.05, 0.1) is 12.7 Å². The Morgan fingerprint density at radius 3 is 2.45 bits per heavy atom. The highest BCUT2D eigenvalue weighted by Crippen LogP contribution is 2.28. The van der Waals surface area contributed by atoms with Gasteiger partial charge in [-0.25, -0.2) is 0 Å². The van der Waals surface area contributed by atoms with Crippen LogP contribution in [0.15, 0.2) is 0 Å². The fourth-order valence-electron chi connectivity index (χ4n) is 2.25. The predicted molar refractivity (Wildman–Crippen MR) is 75.2 cm³/mol. The summed E-state index contributed by atoms with van der Waals surface area (Å²) in [5, 5.41) is 8.88. The molecule has 0 unspecified atom stereocenters. The molecule has 0 bridgehead atoms. The van der Waals surface area contributed by atoms with Crippen molar-refractivity contribution >= 4 is 11.8 Å². The van der Waals surface area contributed by atoms with Gasteiger partial charge in [0.1, 0.15) is 0 Å². The van der Waals surface area contributed by atoms with Crippen molar-refractivity contribution < 1.29 is 14.3 Å². The molecule has 0 spiro atoms. The summed E-state index contributed by atoms with van der Waals surface area (Å²) in [6.45, 7) is 3.47. The molecule has 1 saturated heterocycles. The molecule has 6 nitrogen and oxygen atoms in total. The van der Waals surface area contributed by atoms with Crippen LogP contribution >= 0.6 is 0 Å². The molecule has 2 rings (SSSR count). The van der Waals surface area contributed by atoms with Crippen molar-refractivity contribution in [3.63, 3.8) is 0 Å². The van der Waals surface area contributed by atoms with Crippen LogP contribution in [0.4, 0.5) is 0 Å². The molecule has 3 N–H and O–H groups in total. The van der Waals surface area contributed by atoms with Crippen molar-refractivity contribution in [2.24, 2.45) is 5.92 Å². The standard InChI is InChI=1S/C14H25N3O3/c18-13(5-10-20-12-3-6-15-7-4-12)16-8-9-17-14(19)11-1-2-11/h11-12,15H,1-10H2,(H,16,18)(H,17,19). The first-order valence-corrected chi connectivity index (χ1v) is 7.62. The molecule has 1 heterocycles. The van der Waals surface area contributed by atoms with Crippen LogP contribution in [-0.2, 0) is 14.3 Å². The first-order valence-electron chi connectivity index (χ1n) is 7.62. The Kier molecular flexibility index (Phi) is 6.26. The van der Waals surface area contributed by atoms with Crippen molar-refractivity contribution in [1.29, 1.82) is 0 Å². The van der Waals surface area contributed by atoms with Crippen LogP contribution in [0.1, 0.15) is 32.1 Å². The Labute approximate surface area is 120 Å². The van der Waals surface area contributed by atoms with Gasteiger partial charge in [-0.05, 0) is 38.8 Å². The third-order valence-electron chi connectivity index (χ3n) is 3.66. The second-order valence-corrected chi connectivity index (χ2v) is 5.49. The monoisotopic (exact) mass is 283 g/mol. The highest BCUT2D eigenvalue weighted by Gasteiger charge is 2.28. The Morgan fingerprint density at radius 2 is 1.75 bits per heavy atom. The lowest BCUT2D eigenvalue weighted by atomic mass is 10.1. The minimum atomic E-state index is -0.0143. The smallest absolute Gasteiger partial charge is 0.223 e. The summed E-state index contributed by atoms with van der Waals surface area (Å²) in [4.78, 5) is 22.9. The van der Waals surface area contributed by atoms with E-state index in [2.05, 4.69) is 16.0 Å². The fraction of sp³-hybridized carbons (Fsp3) is 0.857. The van der Waals surface area contributed by atoms with Crippen molar-refractivity contribution in [2.45, 2.75) is 38.2 Å². The molecule has 114 valence electrons. The molecule has 2 fully saturated rings. The highest BCUT2D eigenvalue weighted by atomic mass is 16.5. The lowest BCUT2D eigenvalue weighted by Crippen LogP contribution is -2.36. The molecule has 1 saturated carbocycles. The van der Waals surface area contributed by atoms with Gasteiger partial charge in [-0.1, -0.05) is 0 Å². The number of carbonyl (C=O) groups excluding carboxylic acids is 2. The molecular formula is C14H25N3O3. The third-order valence-corrected chi connectivity index (χ3v) is 3.66. The number of hydrogen-bond donors (Lipinski definition) is 3. The third kappa shape index (κ3) is 5.88. The van der Waals surface area contributed by atoms with Gasteiger partial charge in [0, 0.05) is 25.4 Å². The molecule has 1 aliphatic heterocycles. The average molecular weight is 283 g/mol. The van der Waals surface area contributed by atoms with E-state index in [1.54, 1.807) is 0 Å². The van der Waals surface area contributed by atoms with Crippen LogP contribution in [0, 0.1) is 5.92 Å². The predicted octanol–water partition coefficient (Wildman–Crippen LogP) is -0.212. The van der Waals surface area contributed by atoms with Crippen molar-refractivity contribution in [1.82, 2.24) is 16.0 Å². The second-order valence-electron chi connectivity index (χ2n) is 5.49. The van der Waals surface area contributed by atoms with Crippen LogP contribution in [0.5, 0.6) is 0 Å². The molecule has 0 atom stereocenters. The van der Waals surface area contributed by atoms with E-state index in [9.17, 15) is 9.59 Å². The zero-order valence-corrected chi connectivity index (χ0v) is 12.0. The zero-order valence-electron chi connectivity index (χ0n) is 12.0. The van der Waals surface area contributed by atoms with E-state index in [0.29, 0.717) is 32.2 Å². The summed E-state index contributed by atoms with van der Waals surface area (Å²) in [6, 6.07) is 0. The fourth-order valence-corrected chi connectivity index (χ4v) is 2.25. The average Bonchev–Trinajstić information content (AvgIpc) is 3.29. The summed E-state index contributed by atoms with van der Waals surface area (Å²) in [5.41, 5.74) is 0. The quantitative estimate of drug-likeness (QED) is 0.539. The first-order chi connectivity index (χ1) is 9.75. The van der Waals surface area contributed by atoms with Gasteiger partial charge in [0.2, 0.25) is 11.8 Å².